The van der Waals surface area contributed by atoms with Crippen LogP contribution in [0.15, 0.2) is 42.5 Å². The van der Waals surface area contributed by atoms with Crippen molar-refractivity contribution >= 4 is 17.7 Å². The quantitative estimate of drug-likeness (QED) is 0.807. The molecule has 2 aliphatic heterocycles. The van der Waals surface area contributed by atoms with E-state index in [1.165, 1.54) is 35.2 Å². The number of carbonyl (C=O) groups excluding carboxylic acids is 3. The molecule has 1 N–H and O–H groups in total. The highest BCUT2D eigenvalue weighted by molar-refractivity contribution is 6.22. The van der Waals surface area contributed by atoms with Gasteiger partial charge >= 0.3 is 0 Å². The second kappa shape index (κ2) is 7.52. The fourth-order valence-electron chi connectivity index (χ4n) is 3.48. The van der Waals surface area contributed by atoms with Crippen LogP contribution in [0.4, 0.5) is 4.39 Å². The summed E-state index contributed by atoms with van der Waals surface area (Å²) in [5.41, 5.74) is 1.58. The van der Waals surface area contributed by atoms with E-state index < -0.39 is 5.91 Å². The molecule has 3 amide bonds. The van der Waals surface area contributed by atoms with Crippen LogP contribution in [0.2, 0.25) is 0 Å². The molecule has 2 aromatic rings. The summed E-state index contributed by atoms with van der Waals surface area (Å²) in [4.78, 5) is 38.8. The van der Waals surface area contributed by atoms with Crippen molar-refractivity contribution in [3.63, 3.8) is 0 Å². The van der Waals surface area contributed by atoms with Crippen molar-refractivity contribution < 1.29 is 23.5 Å². The summed E-state index contributed by atoms with van der Waals surface area (Å²) >= 11 is 0. The fourth-order valence-corrected chi connectivity index (χ4v) is 3.48. The van der Waals surface area contributed by atoms with Crippen LogP contribution in [-0.2, 0) is 11.3 Å². The molecule has 2 aromatic carbocycles. The number of amides is 3. The van der Waals surface area contributed by atoms with Crippen molar-refractivity contribution in [3.05, 3.63) is 70.5 Å². The highest BCUT2D eigenvalue weighted by Gasteiger charge is 2.37. The maximum atomic E-state index is 12.9. The van der Waals surface area contributed by atoms with Crippen molar-refractivity contribution in [2.24, 2.45) is 0 Å². The maximum Gasteiger partial charge on any atom is 0.261 e. The molecule has 0 saturated carbocycles. The number of hydrogen-bond acceptors (Lipinski definition) is 4. The standard InChI is InChI=1S/C21H19FN2O4/c22-15-6-3-13(4-7-15)11-23-19(25)14-5-8-17-18(10-14)21(27)24(20(17)26)12-16-2-1-9-28-16/h3-8,10,16H,1-2,9,11-12H2,(H,23,25). The molecular weight excluding hydrogens is 363 g/mol. The largest absolute Gasteiger partial charge is 0.376 e. The highest BCUT2D eigenvalue weighted by atomic mass is 19.1. The van der Waals surface area contributed by atoms with E-state index in [1.54, 1.807) is 12.1 Å². The Hall–Kier alpha value is -3.06. The van der Waals surface area contributed by atoms with Crippen molar-refractivity contribution in [3.8, 4) is 0 Å². The third-order valence-electron chi connectivity index (χ3n) is 5.01. The van der Waals surface area contributed by atoms with E-state index >= 15 is 0 Å². The Kier molecular flexibility index (Phi) is 4.92. The van der Waals surface area contributed by atoms with Gasteiger partial charge in [0, 0.05) is 18.7 Å². The first-order chi connectivity index (χ1) is 13.5. The number of imide groups is 1. The van der Waals surface area contributed by atoms with Crippen molar-refractivity contribution in [1.29, 1.82) is 0 Å². The van der Waals surface area contributed by atoms with E-state index in [9.17, 15) is 18.8 Å². The number of ether oxygens (including phenoxy) is 1. The minimum Gasteiger partial charge on any atom is -0.376 e. The van der Waals surface area contributed by atoms with E-state index in [1.807, 2.05) is 0 Å². The van der Waals surface area contributed by atoms with Crippen LogP contribution < -0.4 is 5.32 Å². The molecule has 6 nitrogen and oxygen atoms in total. The molecule has 0 radical (unpaired) electrons. The summed E-state index contributed by atoms with van der Waals surface area (Å²) in [6.07, 6.45) is 1.62. The second-order valence-corrected chi connectivity index (χ2v) is 6.93. The molecule has 0 bridgehead atoms. The Bertz CT molecular complexity index is 936. The van der Waals surface area contributed by atoms with Gasteiger partial charge < -0.3 is 10.1 Å². The number of nitrogens with zero attached hydrogens (tertiary/aromatic N) is 1. The molecule has 28 heavy (non-hydrogen) atoms. The average Bonchev–Trinajstić information content (AvgIpc) is 3.30. The van der Waals surface area contributed by atoms with E-state index in [4.69, 9.17) is 4.74 Å². The number of benzene rings is 2. The zero-order valence-corrected chi connectivity index (χ0v) is 15.1. The van der Waals surface area contributed by atoms with E-state index in [0.29, 0.717) is 17.7 Å². The average molecular weight is 382 g/mol. The number of nitrogens with one attached hydrogen (secondary N) is 1. The Morgan fingerprint density at radius 3 is 2.57 bits per heavy atom. The normalized spacial score (nSPS) is 18.5. The lowest BCUT2D eigenvalue weighted by atomic mass is 10.1. The first kappa shape index (κ1) is 18.3. The molecule has 4 rings (SSSR count). The smallest absolute Gasteiger partial charge is 0.261 e. The molecule has 7 heteroatoms. The molecule has 0 aliphatic carbocycles. The molecular formula is C21H19FN2O4. The van der Waals surface area contributed by atoms with Crippen LogP contribution in [0, 0.1) is 5.82 Å². The van der Waals surface area contributed by atoms with Gasteiger partial charge in [-0.25, -0.2) is 4.39 Å². The monoisotopic (exact) mass is 382 g/mol. The molecule has 1 atom stereocenters. The zero-order chi connectivity index (χ0) is 19.7. The summed E-state index contributed by atoms with van der Waals surface area (Å²) in [6.45, 7) is 1.11. The van der Waals surface area contributed by atoms with Crippen LogP contribution in [0.3, 0.4) is 0 Å². The van der Waals surface area contributed by atoms with Crippen molar-refractivity contribution in [2.75, 3.05) is 13.2 Å². The number of rotatable bonds is 5. The van der Waals surface area contributed by atoms with E-state index in [2.05, 4.69) is 5.32 Å². The van der Waals surface area contributed by atoms with Crippen LogP contribution in [0.25, 0.3) is 0 Å². The first-order valence-corrected chi connectivity index (χ1v) is 9.17. The zero-order valence-electron chi connectivity index (χ0n) is 15.1. The second-order valence-electron chi connectivity index (χ2n) is 6.93. The topological polar surface area (TPSA) is 75.7 Å². The van der Waals surface area contributed by atoms with Gasteiger partial charge in [-0.05, 0) is 48.7 Å². The predicted molar refractivity (Wildman–Crippen MR) is 98.4 cm³/mol. The van der Waals surface area contributed by atoms with Gasteiger partial charge in [-0.1, -0.05) is 12.1 Å². The molecule has 1 fully saturated rings. The van der Waals surface area contributed by atoms with Crippen LogP contribution in [0.1, 0.15) is 49.5 Å². The van der Waals surface area contributed by atoms with Gasteiger partial charge in [-0.15, -0.1) is 0 Å². The number of hydrogen-bond donors (Lipinski definition) is 1. The van der Waals surface area contributed by atoms with Gasteiger partial charge in [0.2, 0.25) is 0 Å². The predicted octanol–water partition coefficient (Wildman–Crippen LogP) is 2.53. The Balaban J connectivity index is 1.46. The van der Waals surface area contributed by atoms with E-state index in [0.717, 1.165) is 18.4 Å². The van der Waals surface area contributed by atoms with Gasteiger partial charge in [0.05, 0.1) is 23.8 Å². The molecule has 2 aliphatic rings. The molecule has 0 aromatic heterocycles. The third kappa shape index (κ3) is 3.53. The molecule has 1 saturated heterocycles. The molecule has 0 spiro atoms. The Morgan fingerprint density at radius 1 is 1.11 bits per heavy atom. The van der Waals surface area contributed by atoms with Crippen LogP contribution in [0.5, 0.6) is 0 Å². The van der Waals surface area contributed by atoms with Gasteiger partial charge in [0.1, 0.15) is 5.82 Å². The van der Waals surface area contributed by atoms with Gasteiger partial charge in [-0.3, -0.25) is 19.3 Å². The SMILES string of the molecule is O=C(NCc1ccc(F)cc1)c1ccc2c(c1)C(=O)N(CC1CCCO1)C2=O. The highest BCUT2D eigenvalue weighted by Crippen LogP contribution is 2.26. The van der Waals surface area contributed by atoms with Gasteiger partial charge in [0.15, 0.2) is 0 Å². The third-order valence-corrected chi connectivity index (χ3v) is 5.01. The maximum absolute atomic E-state index is 12.9. The number of fused-ring (bicyclic) bond motifs is 1. The Labute approximate surface area is 161 Å². The summed E-state index contributed by atoms with van der Waals surface area (Å²) in [5.74, 6) is -1.47. The van der Waals surface area contributed by atoms with Gasteiger partial charge in [0.25, 0.3) is 17.7 Å². The van der Waals surface area contributed by atoms with E-state index in [-0.39, 0.29) is 42.4 Å². The van der Waals surface area contributed by atoms with Crippen LogP contribution in [-0.4, -0.2) is 41.9 Å². The molecule has 2 heterocycles. The molecule has 144 valence electrons. The summed E-state index contributed by atoms with van der Waals surface area (Å²) in [7, 11) is 0. The fraction of sp³-hybridized carbons (Fsp3) is 0.286. The summed E-state index contributed by atoms with van der Waals surface area (Å²) in [5, 5.41) is 2.73. The van der Waals surface area contributed by atoms with Crippen molar-refractivity contribution in [1.82, 2.24) is 10.2 Å². The minimum atomic E-state index is -0.399. The van der Waals surface area contributed by atoms with Crippen LogP contribution >= 0.6 is 0 Å². The lowest BCUT2D eigenvalue weighted by Gasteiger charge is -2.17. The number of carbonyl (C=O) groups is 3. The minimum absolute atomic E-state index is 0.124. The van der Waals surface area contributed by atoms with Crippen molar-refractivity contribution in [2.45, 2.75) is 25.5 Å². The first-order valence-electron chi connectivity index (χ1n) is 9.17. The lowest BCUT2D eigenvalue weighted by molar-refractivity contribution is 0.0475. The molecule has 1 unspecified atom stereocenters. The summed E-state index contributed by atoms with van der Waals surface area (Å²) < 4.78 is 18.5. The van der Waals surface area contributed by atoms with Gasteiger partial charge in [-0.2, -0.15) is 0 Å². The Morgan fingerprint density at radius 2 is 1.86 bits per heavy atom. The lowest BCUT2D eigenvalue weighted by Crippen LogP contribution is -2.36. The number of halogens is 1. The summed E-state index contributed by atoms with van der Waals surface area (Å²) in [6, 6.07) is 10.3.